The van der Waals surface area contributed by atoms with Gasteiger partial charge in [0.15, 0.2) is 0 Å². The summed E-state index contributed by atoms with van der Waals surface area (Å²) < 4.78 is 0. The van der Waals surface area contributed by atoms with E-state index in [1.165, 1.54) is 86.0 Å². The lowest BCUT2D eigenvalue weighted by molar-refractivity contribution is 0.351. The van der Waals surface area contributed by atoms with E-state index in [0.717, 1.165) is 0 Å². The SMILES string of the molecule is CC1(C)c2ccccc2-c2cc3c(cc21)C(c1ccc(C2CC(c4ccccc4)CC(c4ccccc4)C2)cc1)c1ccccc1-3. The van der Waals surface area contributed by atoms with Gasteiger partial charge in [-0.1, -0.05) is 153 Å². The van der Waals surface area contributed by atoms with E-state index in [-0.39, 0.29) is 11.3 Å². The quantitative estimate of drug-likeness (QED) is 0.191. The summed E-state index contributed by atoms with van der Waals surface area (Å²) in [6.07, 6.45) is 3.65. The molecule has 0 radical (unpaired) electrons. The molecule has 0 heteroatoms. The van der Waals surface area contributed by atoms with Crippen LogP contribution in [0, 0.1) is 0 Å². The zero-order valence-corrected chi connectivity index (χ0v) is 26.8. The average molecular weight is 593 g/mol. The molecule has 224 valence electrons. The maximum absolute atomic E-state index is 2.55. The highest BCUT2D eigenvalue weighted by molar-refractivity contribution is 5.90. The highest BCUT2D eigenvalue weighted by Gasteiger charge is 2.39. The summed E-state index contributed by atoms with van der Waals surface area (Å²) in [7, 11) is 0. The minimum absolute atomic E-state index is 0.00426. The first-order chi connectivity index (χ1) is 22.6. The van der Waals surface area contributed by atoms with Crippen LogP contribution in [0.2, 0.25) is 0 Å². The van der Waals surface area contributed by atoms with Crippen molar-refractivity contribution >= 4 is 0 Å². The first-order valence-corrected chi connectivity index (χ1v) is 17.1. The molecule has 0 nitrogen and oxygen atoms in total. The molecule has 1 fully saturated rings. The molecule has 0 aromatic heterocycles. The van der Waals surface area contributed by atoms with Gasteiger partial charge in [0, 0.05) is 11.3 Å². The molecule has 6 aromatic carbocycles. The molecule has 0 saturated heterocycles. The Morgan fingerprint density at radius 2 is 0.891 bits per heavy atom. The van der Waals surface area contributed by atoms with Gasteiger partial charge < -0.3 is 0 Å². The topological polar surface area (TPSA) is 0 Å². The van der Waals surface area contributed by atoms with Crippen LogP contribution in [0.4, 0.5) is 0 Å². The van der Waals surface area contributed by atoms with Gasteiger partial charge in [0.1, 0.15) is 0 Å². The molecule has 0 bridgehead atoms. The lowest BCUT2D eigenvalue weighted by Gasteiger charge is -2.36. The Bertz CT molecular complexity index is 2000. The number of hydrogen-bond acceptors (Lipinski definition) is 0. The maximum atomic E-state index is 2.55. The zero-order valence-electron chi connectivity index (χ0n) is 26.8. The molecule has 3 atom stereocenters. The van der Waals surface area contributed by atoms with Gasteiger partial charge in [-0.3, -0.25) is 0 Å². The van der Waals surface area contributed by atoms with Gasteiger partial charge in [0.25, 0.3) is 0 Å². The predicted octanol–water partition coefficient (Wildman–Crippen LogP) is 12.0. The fourth-order valence-corrected chi connectivity index (χ4v) is 9.30. The van der Waals surface area contributed by atoms with Crippen LogP contribution in [0.1, 0.15) is 101 Å². The molecule has 0 spiro atoms. The molecular weight excluding hydrogens is 553 g/mol. The van der Waals surface area contributed by atoms with Gasteiger partial charge >= 0.3 is 0 Å². The van der Waals surface area contributed by atoms with Gasteiger partial charge in [-0.25, -0.2) is 0 Å². The molecule has 0 aliphatic heterocycles. The molecule has 1 saturated carbocycles. The maximum Gasteiger partial charge on any atom is 0.0352 e. The Morgan fingerprint density at radius 1 is 0.391 bits per heavy atom. The van der Waals surface area contributed by atoms with Gasteiger partial charge in [-0.2, -0.15) is 0 Å². The van der Waals surface area contributed by atoms with Crippen LogP contribution in [0.5, 0.6) is 0 Å². The molecule has 46 heavy (non-hydrogen) atoms. The van der Waals surface area contributed by atoms with Crippen molar-refractivity contribution in [2.75, 3.05) is 0 Å². The van der Waals surface area contributed by atoms with E-state index in [2.05, 4.69) is 159 Å². The van der Waals surface area contributed by atoms with Crippen molar-refractivity contribution in [2.24, 2.45) is 0 Å². The van der Waals surface area contributed by atoms with Crippen LogP contribution in [0.25, 0.3) is 22.3 Å². The Kier molecular flexibility index (Phi) is 6.42. The van der Waals surface area contributed by atoms with E-state index in [0.29, 0.717) is 17.8 Å². The monoisotopic (exact) mass is 592 g/mol. The second kappa shape index (κ2) is 10.7. The van der Waals surface area contributed by atoms with Gasteiger partial charge in [-0.05, 0) is 110 Å². The third kappa shape index (κ3) is 4.34. The highest BCUT2D eigenvalue weighted by atomic mass is 14.4. The Balaban J connectivity index is 1.09. The second-order valence-corrected chi connectivity index (χ2v) is 14.5. The van der Waals surface area contributed by atoms with Crippen molar-refractivity contribution < 1.29 is 0 Å². The van der Waals surface area contributed by atoms with E-state index >= 15 is 0 Å². The van der Waals surface area contributed by atoms with E-state index in [1.54, 1.807) is 0 Å². The summed E-state index contributed by atoms with van der Waals surface area (Å²) in [5.74, 6) is 1.95. The fourth-order valence-electron chi connectivity index (χ4n) is 9.30. The van der Waals surface area contributed by atoms with Crippen molar-refractivity contribution in [1.29, 1.82) is 0 Å². The number of fused-ring (bicyclic) bond motifs is 6. The largest absolute Gasteiger partial charge is 0.0622 e. The van der Waals surface area contributed by atoms with Crippen LogP contribution in [-0.4, -0.2) is 0 Å². The third-order valence-electron chi connectivity index (χ3n) is 11.6. The number of rotatable bonds is 4. The molecule has 9 rings (SSSR count). The highest BCUT2D eigenvalue weighted by Crippen LogP contribution is 2.56. The third-order valence-corrected chi connectivity index (χ3v) is 11.6. The first kappa shape index (κ1) is 27.6. The van der Waals surface area contributed by atoms with Crippen LogP contribution >= 0.6 is 0 Å². The summed E-state index contributed by atoms with van der Waals surface area (Å²) in [6.45, 7) is 4.79. The second-order valence-electron chi connectivity index (χ2n) is 14.5. The number of benzene rings is 6. The minimum Gasteiger partial charge on any atom is -0.0622 e. The van der Waals surface area contributed by atoms with E-state index in [4.69, 9.17) is 0 Å². The zero-order chi connectivity index (χ0) is 30.8. The average Bonchev–Trinajstić information content (AvgIpc) is 3.56. The van der Waals surface area contributed by atoms with E-state index in [1.807, 2.05) is 0 Å². The molecule has 3 aliphatic rings. The Morgan fingerprint density at radius 3 is 1.52 bits per heavy atom. The molecule has 6 aromatic rings. The molecule has 0 N–H and O–H groups in total. The van der Waals surface area contributed by atoms with Crippen molar-refractivity contribution in [3.05, 3.63) is 190 Å². The Hall–Kier alpha value is -4.68. The van der Waals surface area contributed by atoms with E-state index in [9.17, 15) is 0 Å². The van der Waals surface area contributed by atoms with Crippen LogP contribution in [0.15, 0.2) is 146 Å². The van der Waals surface area contributed by atoms with Gasteiger partial charge in [-0.15, -0.1) is 0 Å². The predicted molar refractivity (Wildman–Crippen MR) is 192 cm³/mol. The fraction of sp³-hybridized carbons (Fsp3) is 0.217. The first-order valence-electron chi connectivity index (χ1n) is 17.1. The Labute approximate surface area is 273 Å². The van der Waals surface area contributed by atoms with Crippen LogP contribution in [0.3, 0.4) is 0 Å². The molecule has 3 aliphatic carbocycles. The van der Waals surface area contributed by atoms with Crippen molar-refractivity contribution in [3.63, 3.8) is 0 Å². The van der Waals surface area contributed by atoms with Crippen molar-refractivity contribution in [3.8, 4) is 22.3 Å². The van der Waals surface area contributed by atoms with Gasteiger partial charge in [0.05, 0.1) is 0 Å². The lowest BCUT2D eigenvalue weighted by atomic mass is 9.68. The molecule has 0 amide bonds. The van der Waals surface area contributed by atoms with Crippen molar-refractivity contribution in [2.45, 2.75) is 62.2 Å². The normalized spacial score (nSPS) is 22.0. The van der Waals surface area contributed by atoms with Gasteiger partial charge in [0.2, 0.25) is 0 Å². The van der Waals surface area contributed by atoms with Crippen LogP contribution in [-0.2, 0) is 5.41 Å². The smallest absolute Gasteiger partial charge is 0.0352 e. The molecular formula is C46H40. The molecule has 0 heterocycles. The van der Waals surface area contributed by atoms with Crippen LogP contribution < -0.4 is 0 Å². The lowest BCUT2D eigenvalue weighted by Crippen LogP contribution is -2.20. The van der Waals surface area contributed by atoms with Crippen molar-refractivity contribution in [1.82, 2.24) is 0 Å². The summed E-state index contributed by atoms with van der Waals surface area (Å²) in [5.41, 5.74) is 17.2. The minimum atomic E-state index is -0.00426. The summed E-state index contributed by atoms with van der Waals surface area (Å²) in [4.78, 5) is 0. The number of hydrogen-bond donors (Lipinski definition) is 0. The molecule has 3 unspecified atom stereocenters. The summed E-state index contributed by atoms with van der Waals surface area (Å²) in [5, 5.41) is 0. The summed E-state index contributed by atoms with van der Waals surface area (Å²) in [6, 6.07) is 55.4. The summed E-state index contributed by atoms with van der Waals surface area (Å²) >= 11 is 0. The van der Waals surface area contributed by atoms with E-state index < -0.39 is 0 Å². The standard InChI is InChI=1S/C46H40/c1-46(2)43-20-12-11-18-38(43)41-28-40-37-17-9-10-19-39(37)45(42(40)29-44(41)46)33-23-21-32(22-24-33)36-26-34(30-13-5-3-6-14-30)25-35(27-36)31-15-7-4-8-16-31/h3-24,28-29,34-36,45H,25-27H2,1-2H3.